The van der Waals surface area contributed by atoms with Gasteiger partial charge in [-0.05, 0) is 62.6 Å². The molecule has 0 unspecified atom stereocenters. The van der Waals surface area contributed by atoms with Crippen molar-refractivity contribution < 1.29 is 9.53 Å². The Morgan fingerprint density at radius 1 is 1.17 bits per heavy atom. The lowest BCUT2D eigenvalue weighted by atomic mass is 10.1. The Balaban J connectivity index is 1.40. The zero-order chi connectivity index (χ0) is 20.8. The van der Waals surface area contributed by atoms with E-state index in [1.165, 1.54) is 6.42 Å². The third-order valence-corrected chi connectivity index (χ3v) is 5.96. The lowest BCUT2D eigenvalue weighted by Crippen LogP contribution is -2.31. The SMILES string of the molecule is CCOc1ccc(-c2nc(CC(=O)Nc3cccnc3N3CCCCC3)cs2)cc1. The van der Waals surface area contributed by atoms with Gasteiger partial charge in [-0.25, -0.2) is 9.97 Å². The highest BCUT2D eigenvalue weighted by atomic mass is 32.1. The van der Waals surface area contributed by atoms with Gasteiger partial charge in [0.1, 0.15) is 10.8 Å². The lowest BCUT2D eigenvalue weighted by Gasteiger charge is -2.29. The van der Waals surface area contributed by atoms with Crippen LogP contribution in [0.4, 0.5) is 11.5 Å². The minimum Gasteiger partial charge on any atom is -0.494 e. The summed E-state index contributed by atoms with van der Waals surface area (Å²) < 4.78 is 5.49. The Kier molecular flexibility index (Phi) is 6.59. The van der Waals surface area contributed by atoms with Crippen LogP contribution in [0.5, 0.6) is 5.75 Å². The molecule has 0 radical (unpaired) electrons. The molecule has 30 heavy (non-hydrogen) atoms. The fraction of sp³-hybridized carbons (Fsp3) is 0.348. The molecule has 0 atom stereocenters. The standard InChI is InChI=1S/C23H26N4O2S/c1-2-29-19-10-8-17(9-11-19)23-25-18(16-30-23)15-21(28)26-20-7-6-12-24-22(20)27-13-4-3-5-14-27/h6-12,16H,2-5,13-15H2,1H3,(H,26,28). The highest BCUT2D eigenvalue weighted by molar-refractivity contribution is 7.13. The van der Waals surface area contributed by atoms with E-state index >= 15 is 0 Å². The van der Waals surface area contributed by atoms with Crippen molar-refractivity contribution in [3.63, 3.8) is 0 Å². The summed E-state index contributed by atoms with van der Waals surface area (Å²) in [5, 5.41) is 5.88. The van der Waals surface area contributed by atoms with Crippen molar-refractivity contribution in [3.8, 4) is 16.3 Å². The number of thiazole rings is 1. The summed E-state index contributed by atoms with van der Waals surface area (Å²) in [6.45, 7) is 4.58. The number of aromatic nitrogens is 2. The van der Waals surface area contributed by atoms with Crippen LogP contribution in [0.3, 0.4) is 0 Å². The molecule has 1 fully saturated rings. The minimum atomic E-state index is -0.0789. The van der Waals surface area contributed by atoms with Gasteiger partial charge in [0.25, 0.3) is 0 Å². The number of benzene rings is 1. The number of carbonyl (C=O) groups is 1. The van der Waals surface area contributed by atoms with Crippen LogP contribution in [-0.4, -0.2) is 35.6 Å². The third kappa shape index (κ3) is 4.97. The number of rotatable bonds is 7. The van der Waals surface area contributed by atoms with E-state index in [-0.39, 0.29) is 12.3 Å². The summed E-state index contributed by atoms with van der Waals surface area (Å²) in [6.07, 6.45) is 5.60. The maximum atomic E-state index is 12.7. The average molecular weight is 423 g/mol. The molecular formula is C23H26N4O2S. The number of nitrogens with one attached hydrogen (secondary N) is 1. The number of ether oxygens (including phenoxy) is 1. The number of hydrogen-bond acceptors (Lipinski definition) is 6. The van der Waals surface area contributed by atoms with Crippen LogP contribution in [0, 0.1) is 0 Å². The van der Waals surface area contributed by atoms with Crippen molar-refractivity contribution in [2.24, 2.45) is 0 Å². The monoisotopic (exact) mass is 422 g/mol. The Bertz CT molecular complexity index is 981. The quantitative estimate of drug-likeness (QED) is 0.594. The molecule has 0 saturated carbocycles. The second-order valence-electron chi connectivity index (χ2n) is 7.25. The molecule has 0 aliphatic carbocycles. The first-order valence-electron chi connectivity index (χ1n) is 10.4. The third-order valence-electron chi connectivity index (χ3n) is 5.02. The van der Waals surface area contributed by atoms with E-state index < -0.39 is 0 Å². The lowest BCUT2D eigenvalue weighted by molar-refractivity contribution is -0.115. The Morgan fingerprint density at radius 2 is 1.97 bits per heavy atom. The van der Waals surface area contributed by atoms with Gasteiger partial charge in [-0.2, -0.15) is 0 Å². The van der Waals surface area contributed by atoms with Gasteiger partial charge in [0.2, 0.25) is 5.91 Å². The molecule has 6 nitrogen and oxygen atoms in total. The summed E-state index contributed by atoms with van der Waals surface area (Å²) in [5.41, 5.74) is 2.56. The molecule has 1 saturated heterocycles. The highest BCUT2D eigenvalue weighted by Crippen LogP contribution is 2.28. The van der Waals surface area contributed by atoms with E-state index in [9.17, 15) is 4.79 Å². The van der Waals surface area contributed by atoms with Crippen LogP contribution in [0.2, 0.25) is 0 Å². The predicted molar refractivity (Wildman–Crippen MR) is 121 cm³/mol. The molecule has 3 heterocycles. The molecule has 7 heteroatoms. The molecular weight excluding hydrogens is 396 g/mol. The van der Waals surface area contributed by atoms with E-state index in [1.54, 1.807) is 17.5 Å². The first kappa shape index (κ1) is 20.3. The average Bonchev–Trinajstić information content (AvgIpc) is 3.24. The number of nitrogens with zero attached hydrogens (tertiary/aromatic N) is 3. The highest BCUT2D eigenvalue weighted by Gasteiger charge is 2.17. The smallest absolute Gasteiger partial charge is 0.230 e. The summed E-state index contributed by atoms with van der Waals surface area (Å²) in [5.74, 6) is 1.63. The van der Waals surface area contributed by atoms with Gasteiger partial charge in [-0.1, -0.05) is 0 Å². The fourth-order valence-corrected chi connectivity index (χ4v) is 4.42. The van der Waals surface area contributed by atoms with Gasteiger partial charge in [0.15, 0.2) is 5.82 Å². The molecule has 0 bridgehead atoms. The Labute approximate surface area is 180 Å². The second-order valence-corrected chi connectivity index (χ2v) is 8.11. The normalized spacial score (nSPS) is 13.8. The molecule has 0 spiro atoms. The number of amides is 1. The second kappa shape index (κ2) is 9.71. The van der Waals surface area contributed by atoms with Gasteiger partial charge < -0.3 is 15.0 Å². The van der Waals surface area contributed by atoms with Gasteiger partial charge in [0.05, 0.1) is 24.4 Å². The first-order valence-corrected chi connectivity index (χ1v) is 11.3. The Hall–Kier alpha value is -2.93. The number of piperidine rings is 1. The van der Waals surface area contributed by atoms with E-state index in [0.717, 1.165) is 59.5 Å². The first-order chi connectivity index (χ1) is 14.7. The largest absolute Gasteiger partial charge is 0.494 e. The van der Waals surface area contributed by atoms with Crippen molar-refractivity contribution in [2.75, 3.05) is 29.9 Å². The van der Waals surface area contributed by atoms with E-state index in [0.29, 0.717) is 6.61 Å². The van der Waals surface area contributed by atoms with E-state index in [1.807, 2.05) is 48.7 Å². The molecule has 3 aromatic rings. The number of hydrogen-bond donors (Lipinski definition) is 1. The van der Waals surface area contributed by atoms with E-state index in [2.05, 4.69) is 20.2 Å². The van der Waals surface area contributed by atoms with Crippen LogP contribution in [-0.2, 0) is 11.2 Å². The molecule has 1 aliphatic heterocycles. The van der Waals surface area contributed by atoms with Gasteiger partial charge >= 0.3 is 0 Å². The van der Waals surface area contributed by atoms with Crippen LogP contribution >= 0.6 is 11.3 Å². The fourth-order valence-electron chi connectivity index (χ4n) is 3.59. The van der Waals surface area contributed by atoms with Crippen molar-refractivity contribution in [3.05, 3.63) is 53.7 Å². The maximum absolute atomic E-state index is 12.7. The molecule has 2 aromatic heterocycles. The van der Waals surface area contributed by atoms with Gasteiger partial charge in [-0.3, -0.25) is 4.79 Å². The van der Waals surface area contributed by atoms with Crippen molar-refractivity contribution in [2.45, 2.75) is 32.6 Å². The van der Waals surface area contributed by atoms with Crippen molar-refractivity contribution in [1.82, 2.24) is 9.97 Å². The van der Waals surface area contributed by atoms with Crippen molar-refractivity contribution in [1.29, 1.82) is 0 Å². The topological polar surface area (TPSA) is 67.3 Å². The summed E-state index contributed by atoms with van der Waals surface area (Å²) in [7, 11) is 0. The predicted octanol–water partition coefficient (Wildman–Crippen LogP) is 4.78. The van der Waals surface area contributed by atoms with Crippen LogP contribution < -0.4 is 15.0 Å². The molecule has 4 rings (SSSR count). The van der Waals surface area contributed by atoms with Crippen LogP contribution in [0.25, 0.3) is 10.6 Å². The van der Waals surface area contributed by atoms with Crippen LogP contribution in [0.15, 0.2) is 48.0 Å². The molecule has 1 aliphatic rings. The summed E-state index contributed by atoms with van der Waals surface area (Å²) in [6, 6.07) is 11.6. The molecule has 1 amide bonds. The van der Waals surface area contributed by atoms with Crippen LogP contribution in [0.1, 0.15) is 31.9 Å². The van der Waals surface area contributed by atoms with Crippen molar-refractivity contribution >= 4 is 28.7 Å². The summed E-state index contributed by atoms with van der Waals surface area (Å²) in [4.78, 5) is 24.1. The zero-order valence-corrected chi connectivity index (χ0v) is 18.0. The zero-order valence-electron chi connectivity index (χ0n) is 17.1. The Morgan fingerprint density at radius 3 is 2.73 bits per heavy atom. The maximum Gasteiger partial charge on any atom is 0.230 e. The molecule has 1 aromatic carbocycles. The number of carbonyl (C=O) groups excluding carboxylic acids is 1. The molecule has 1 N–H and O–H groups in total. The van der Waals surface area contributed by atoms with Gasteiger partial charge in [-0.15, -0.1) is 11.3 Å². The van der Waals surface area contributed by atoms with Gasteiger partial charge in [0, 0.05) is 30.2 Å². The number of pyridine rings is 1. The van der Waals surface area contributed by atoms with E-state index in [4.69, 9.17) is 4.74 Å². The minimum absolute atomic E-state index is 0.0789. The number of anilines is 2. The summed E-state index contributed by atoms with van der Waals surface area (Å²) >= 11 is 1.54. The molecule has 156 valence electrons.